The van der Waals surface area contributed by atoms with Gasteiger partial charge in [0.25, 0.3) is 5.91 Å². The van der Waals surface area contributed by atoms with E-state index in [4.69, 9.17) is 56.1 Å². The molecule has 1 saturated carbocycles. The molecule has 3 fully saturated rings. The van der Waals surface area contributed by atoms with Crippen molar-refractivity contribution in [2.45, 2.75) is 57.0 Å². The van der Waals surface area contributed by atoms with Crippen LogP contribution in [-0.4, -0.2) is 71.8 Å². The second-order valence-electron chi connectivity index (χ2n) is 12.6. The van der Waals surface area contributed by atoms with E-state index in [0.29, 0.717) is 57.0 Å². The number of aromatic nitrogens is 1. The SMILES string of the molecule is C[C@H](O)c1cc(Cl)c(OCC2CN(c3ncc(C4=C(C(=O)N(Cc5cccc(Cl)c5Cl)C5CC5)[C@H]5CNC[C@@H](C4)N5)s3)C2)c(Cl)c1. The molecule has 3 aliphatic heterocycles. The molecule has 8 nitrogen and oxygen atoms in total. The number of fused-ring (bicyclic) bond motifs is 2. The predicted octanol–water partition coefficient (Wildman–Crippen LogP) is 6.60. The summed E-state index contributed by atoms with van der Waals surface area (Å²) in [6.07, 6.45) is 4.00. The van der Waals surface area contributed by atoms with Gasteiger partial charge in [0, 0.05) is 62.5 Å². The molecule has 3 N–H and O–H groups in total. The number of nitrogens with zero attached hydrogens (tertiary/aromatic N) is 3. The number of ether oxygens (including phenoxy) is 1. The van der Waals surface area contributed by atoms with E-state index in [1.165, 1.54) is 0 Å². The van der Waals surface area contributed by atoms with E-state index in [1.807, 2.05) is 23.2 Å². The van der Waals surface area contributed by atoms with Gasteiger partial charge < -0.3 is 30.3 Å². The Kier molecular flexibility index (Phi) is 9.48. The molecular formula is C33H35Cl4N5O3S. The average Bonchev–Trinajstić information content (AvgIpc) is 3.73. The standard InChI is InChI=1S/C33H35Cl4N5O3S/c1-17(43)20-7-25(35)31(26(36)8-20)45-16-18-13-41(14-18)33-39-12-28(46-33)23-9-21-10-38-11-27(40-21)29(23)32(44)42(22-5-6-22)15-19-3-2-4-24(34)30(19)37/h2-4,7-8,12,17-18,21-22,27,38,40,43H,5-6,9-11,13-16H2,1H3/t17-,21+,27+/m0/s1. The molecule has 2 aromatic carbocycles. The fourth-order valence-electron chi connectivity index (χ4n) is 6.50. The van der Waals surface area contributed by atoms with Gasteiger partial charge in [-0.2, -0.15) is 0 Å². The number of hydrogen-bond acceptors (Lipinski definition) is 8. The molecule has 1 aliphatic carbocycles. The fourth-order valence-corrected chi connectivity index (χ4v) is 8.50. The van der Waals surface area contributed by atoms with Crippen LogP contribution in [0.15, 0.2) is 42.1 Å². The summed E-state index contributed by atoms with van der Waals surface area (Å²) in [5.74, 6) is 0.792. The fraction of sp³-hybridized carbons (Fsp3) is 0.455. The predicted molar refractivity (Wildman–Crippen MR) is 186 cm³/mol. The smallest absolute Gasteiger partial charge is 0.252 e. The van der Waals surface area contributed by atoms with E-state index in [2.05, 4.69) is 15.5 Å². The summed E-state index contributed by atoms with van der Waals surface area (Å²) in [6, 6.07) is 9.35. The third-order valence-electron chi connectivity index (χ3n) is 9.14. The molecule has 3 aromatic rings. The summed E-state index contributed by atoms with van der Waals surface area (Å²) in [4.78, 5) is 24.5. The number of carbonyl (C=O) groups is 1. The lowest BCUT2D eigenvalue weighted by molar-refractivity contribution is -0.128. The number of rotatable bonds is 10. The molecule has 0 unspecified atom stereocenters. The lowest BCUT2D eigenvalue weighted by Gasteiger charge is -2.40. The zero-order chi connectivity index (χ0) is 32.1. The van der Waals surface area contributed by atoms with E-state index in [9.17, 15) is 9.90 Å². The van der Waals surface area contributed by atoms with Crippen molar-refractivity contribution in [1.82, 2.24) is 20.5 Å². The lowest BCUT2D eigenvalue weighted by Crippen LogP contribution is -2.59. The molecule has 2 saturated heterocycles. The van der Waals surface area contributed by atoms with E-state index >= 15 is 0 Å². The van der Waals surface area contributed by atoms with Gasteiger partial charge in [-0.25, -0.2) is 4.98 Å². The minimum atomic E-state index is -0.663. The van der Waals surface area contributed by atoms with Gasteiger partial charge in [-0.15, -0.1) is 0 Å². The topological polar surface area (TPSA) is 90.0 Å². The number of aliphatic hydroxyl groups excluding tert-OH is 1. The van der Waals surface area contributed by atoms with Gasteiger partial charge in [0.15, 0.2) is 10.9 Å². The monoisotopic (exact) mass is 721 g/mol. The van der Waals surface area contributed by atoms with Crippen molar-refractivity contribution < 1.29 is 14.6 Å². The molecule has 0 spiro atoms. The van der Waals surface area contributed by atoms with Gasteiger partial charge in [0.05, 0.1) is 43.7 Å². The van der Waals surface area contributed by atoms with E-state index in [-0.39, 0.29) is 24.0 Å². The summed E-state index contributed by atoms with van der Waals surface area (Å²) in [5.41, 5.74) is 3.43. The number of piperazine rings is 1. The molecule has 7 rings (SSSR count). The third kappa shape index (κ3) is 6.63. The Morgan fingerprint density at radius 1 is 1.15 bits per heavy atom. The molecule has 3 atom stereocenters. The van der Waals surface area contributed by atoms with Crippen molar-refractivity contribution in [3.63, 3.8) is 0 Å². The second kappa shape index (κ2) is 13.4. The zero-order valence-corrected chi connectivity index (χ0v) is 29.1. The highest BCUT2D eigenvalue weighted by atomic mass is 35.5. The van der Waals surface area contributed by atoms with Crippen molar-refractivity contribution in [3.8, 4) is 5.75 Å². The van der Waals surface area contributed by atoms with Crippen LogP contribution in [0.4, 0.5) is 5.13 Å². The number of anilines is 1. The molecule has 4 aliphatic rings. The van der Waals surface area contributed by atoms with Gasteiger partial charge in [0.1, 0.15) is 0 Å². The first-order chi connectivity index (χ1) is 22.2. The molecular weight excluding hydrogens is 688 g/mol. The minimum Gasteiger partial charge on any atom is -0.490 e. The average molecular weight is 724 g/mol. The Morgan fingerprint density at radius 3 is 2.63 bits per heavy atom. The summed E-state index contributed by atoms with van der Waals surface area (Å²) in [6.45, 7) is 5.72. The van der Waals surface area contributed by atoms with Crippen LogP contribution in [-0.2, 0) is 11.3 Å². The number of thiazole rings is 1. The Bertz CT molecular complexity index is 1650. The van der Waals surface area contributed by atoms with E-state index in [0.717, 1.165) is 65.6 Å². The maximum Gasteiger partial charge on any atom is 0.252 e. The second-order valence-corrected chi connectivity index (χ2v) is 15.2. The van der Waals surface area contributed by atoms with Crippen LogP contribution in [0, 0.1) is 5.92 Å². The van der Waals surface area contributed by atoms with Gasteiger partial charge >= 0.3 is 0 Å². The first kappa shape index (κ1) is 32.5. The highest BCUT2D eigenvalue weighted by Crippen LogP contribution is 2.41. The first-order valence-electron chi connectivity index (χ1n) is 15.6. The zero-order valence-electron chi connectivity index (χ0n) is 25.2. The van der Waals surface area contributed by atoms with Crippen molar-refractivity contribution in [2.24, 2.45) is 5.92 Å². The number of aliphatic hydroxyl groups is 1. The number of amides is 1. The Hall–Kier alpha value is -2.08. The van der Waals surface area contributed by atoms with Crippen LogP contribution >= 0.6 is 57.7 Å². The number of hydrogen-bond donors (Lipinski definition) is 3. The summed E-state index contributed by atoms with van der Waals surface area (Å²) >= 11 is 27.3. The quantitative estimate of drug-likeness (QED) is 0.217. The summed E-state index contributed by atoms with van der Waals surface area (Å²) in [5, 5.41) is 19.8. The molecule has 1 amide bonds. The largest absolute Gasteiger partial charge is 0.490 e. The Labute approximate surface area is 292 Å². The van der Waals surface area contributed by atoms with Crippen LogP contribution in [0.2, 0.25) is 20.1 Å². The minimum absolute atomic E-state index is 0.0584. The van der Waals surface area contributed by atoms with Gasteiger partial charge in [-0.3, -0.25) is 4.79 Å². The number of nitrogens with one attached hydrogen (secondary N) is 2. The first-order valence-corrected chi connectivity index (χ1v) is 17.9. The van der Waals surface area contributed by atoms with Crippen LogP contribution in [0.5, 0.6) is 5.75 Å². The lowest BCUT2D eigenvalue weighted by atomic mass is 9.86. The third-order valence-corrected chi connectivity index (χ3v) is 11.7. The molecule has 2 bridgehead atoms. The maximum atomic E-state index is 14.5. The molecule has 0 radical (unpaired) electrons. The molecule has 46 heavy (non-hydrogen) atoms. The molecule has 244 valence electrons. The van der Waals surface area contributed by atoms with Gasteiger partial charge in [-0.1, -0.05) is 69.9 Å². The normalized spacial score (nSPS) is 22.1. The maximum absolute atomic E-state index is 14.5. The van der Waals surface area contributed by atoms with Gasteiger partial charge in [-0.05, 0) is 61.1 Å². The molecule has 4 heterocycles. The van der Waals surface area contributed by atoms with Crippen molar-refractivity contribution in [3.05, 3.63) is 78.2 Å². The van der Waals surface area contributed by atoms with Gasteiger partial charge in [0.2, 0.25) is 0 Å². The number of carbonyl (C=O) groups excluding carboxylic acids is 1. The van der Waals surface area contributed by atoms with Crippen LogP contribution in [0.3, 0.4) is 0 Å². The van der Waals surface area contributed by atoms with Crippen molar-refractivity contribution in [2.75, 3.05) is 37.7 Å². The summed E-state index contributed by atoms with van der Waals surface area (Å²) < 4.78 is 6.01. The highest BCUT2D eigenvalue weighted by Gasteiger charge is 2.42. The van der Waals surface area contributed by atoms with E-state index < -0.39 is 6.10 Å². The van der Waals surface area contributed by atoms with Crippen LogP contribution in [0.1, 0.15) is 48.3 Å². The number of halogens is 4. The van der Waals surface area contributed by atoms with Crippen LogP contribution in [0.25, 0.3) is 5.57 Å². The number of benzene rings is 2. The van der Waals surface area contributed by atoms with Crippen LogP contribution < -0.4 is 20.3 Å². The van der Waals surface area contributed by atoms with Crippen molar-refractivity contribution in [1.29, 1.82) is 0 Å². The molecule has 1 aromatic heterocycles. The van der Waals surface area contributed by atoms with E-state index in [1.54, 1.807) is 36.5 Å². The van der Waals surface area contributed by atoms with Crippen molar-refractivity contribution >= 4 is 74.4 Å². The Balaban J connectivity index is 1.07. The Morgan fingerprint density at radius 2 is 1.91 bits per heavy atom. The summed E-state index contributed by atoms with van der Waals surface area (Å²) in [7, 11) is 0. The highest BCUT2D eigenvalue weighted by molar-refractivity contribution is 7.16. The molecule has 13 heteroatoms.